The molecule has 0 aliphatic carbocycles. The number of hydrogen-bond acceptors (Lipinski definition) is 6. The van der Waals surface area contributed by atoms with Gasteiger partial charge in [0.2, 0.25) is 0 Å². The molecule has 0 saturated heterocycles. The molecular formula is C32H47Br2IO6. The Morgan fingerprint density at radius 3 is 1.51 bits per heavy atom. The number of alkyl halides is 1. The molecule has 232 valence electrons. The minimum Gasteiger partial charge on any atom is -0.507 e. The molecule has 0 spiro atoms. The van der Waals surface area contributed by atoms with Gasteiger partial charge in [0.1, 0.15) is 11.5 Å². The smallest absolute Gasteiger partial charge is 0.313 e. The molecule has 2 aromatic carbocycles. The molecule has 6 nitrogen and oxygen atoms in total. The number of hydrogen-bond donors (Lipinski definition) is 1. The number of esters is 2. The monoisotopic (exact) mass is 812 g/mol. The summed E-state index contributed by atoms with van der Waals surface area (Å²) in [6.45, 7) is 17.5. The van der Waals surface area contributed by atoms with E-state index in [1.165, 1.54) is 4.43 Å². The Hall–Kier alpha value is -1.33. The van der Waals surface area contributed by atoms with Crippen LogP contribution < -0.4 is 4.74 Å². The highest BCUT2D eigenvalue weighted by molar-refractivity contribution is 14.1. The predicted molar refractivity (Wildman–Crippen MR) is 183 cm³/mol. The Balaban J connectivity index is 0.000000715. The van der Waals surface area contributed by atoms with Crippen LogP contribution in [0.25, 0.3) is 0 Å². The lowest BCUT2D eigenvalue weighted by Gasteiger charge is -2.19. The summed E-state index contributed by atoms with van der Waals surface area (Å²) in [5.74, 6) is 0.931. The second kappa shape index (κ2) is 22.2. The lowest BCUT2D eigenvalue weighted by Crippen LogP contribution is -2.18. The van der Waals surface area contributed by atoms with E-state index in [0.29, 0.717) is 36.1 Å². The van der Waals surface area contributed by atoms with Crippen molar-refractivity contribution < 1.29 is 28.9 Å². The van der Waals surface area contributed by atoms with E-state index >= 15 is 0 Å². The zero-order valence-corrected chi connectivity index (χ0v) is 31.0. The summed E-state index contributed by atoms with van der Waals surface area (Å²) in [5.41, 5.74) is 1.83. The van der Waals surface area contributed by atoms with Crippen LogP contribution in [-0.4, -0.2) is 41.3 Å². The maximum Gasteiger partial charge on any atom is 0.313 e. The van der Waals surface area contributed by atoms with Gasteiger partial charge >= 0.3 is 11.9 Å². The minimum atomic E-state index is -0.276. The Kier molecular flexibility index (Phi) is 21.5. The molecule has 0 amide bonds. The summed E-state index contributed by atoms with van der Waals surface area (Å²) in [4.78, 5) is 24.1. The first kappa shape index (κ1) is 39.7. The molecule has 0 heterocycles. The van der Waals surface area contributed by atoms with Gasteiger partial charge in [0.05, 0.1) is 40.6 Å². The van der Waals surface area contributed by atoms with Crippen LogP contribution in [0, 0.1) is 11.8 Å². The lowest BCUT2D eigenvalue weighted by molar-refractivity contribution is -0.146. The van der Waals surface area contributed by atoms with E-state index in [1.54, 1.807) is 25.1 Å². The van der Waals surface area contributed by atoms with Crippen molar-refractivity contribution in [2.75, 3.05) is 24.2 Å². The van der Waals surface area contributed by atoms with Gasteiger partial charge in [0, 0.05) is 0 Å². The number of aromatic hydroxyl groups is 1. The average molecular weight is 814 g/mol. The zero-order valence-electron chi connectivity index (χ0n) is 25.6. The van der Waals surface area contributed by atoms with Gasteiger partial charge in [-0.3, -0.25) is 9.59 Å². The van der Waals surface area contributed by atoms with Crippen LogP contribution in [0.1, 0.15) is 91.2 Å². The summed E-state index contributed by atoms with van der Waals surface area (Å²) in [6, 6.07) is 10.9. The fourth-order valence-electron chi connectivity index (χ4n) is 3.91. The molecule has 0 aliphatic heterocycles. The van der Waals surface area contributed by atoms with Crippen LogP contribution in [-0.2, 0) is 19.1 Å². The quantitative estimate of drug-likeness (QED) is 0.131. The SMILES string of the molecule is CCI.CCOC(=O)C(CC(C)C)c1ccc(O)c(Br)c1.CCOC(=O)C(CC(C)C)c1ccc(OCC)c(Br)c1. The second-order valence-corrected chi connectivity index (χ2v) is 13.2. The number of rotatable bonds is 12. The fraction of sp³-hybridized carbons (Fsp3) is 0.562. The number of carbonyl (C=O) groups is 2. The van der Waals surface area contributed by atoms with Crippen molar-refractivity contribution in [3.63, 3.8) is 0 Å². The summed E-state index contributed by atoms with van der Waals surface area (Å²) in [6.07, 6.45) is 1.51. The van der Waals surface area contributed by atoms with E-state index < -0.39 is 0 Å². The van der Waals surface area contributed by atoms with Crippen molar-refractivity contribution in [1.82, 2.24) is 0 Å². The van der Waals surface area contributed by atoms with E-state index in [9.17, 15) is 14.7 Å². The first-order valence-corrected chi connectivity index (χ1v) is 17.3. The van der Waals surface area contributed by atoms with Crippen LogP contribution in [0.5, 0.6) is 11.5 Å². The Morgan fingerprint density at radius 1 is 0.756 bits per heavy atom. The number of carbonyl (C=O) groups excluding carboxylic acids is 2. The highest BCUT2D eigenvalue weighted by Gasteiger charge is 2.25. The van der Waals surface area contributed by atoms with Crippen molar-refractivity contribution >= 4 is 66.4 Å². The van der Waals surface area contributed by atoms with Crippen molar-refractivity contribution in [3.8, 4) is 11.5 Å². The first-order chi connectivity index (χ1) is 19.4. The summed E-state index contributed by atoms with van der Waals surface area (Å²) >= 11 is 9.05. The zero-order chi connectivity index (χ0) is 31.5. The van der Waals surface area contributed by atoms with Gasteiger partial charge in [-0.25, -0.2) is 0 Å². The largest absolute Gasteiger partial charge is 0.507 e. The van der Waals surface area contributed by atoms with E-state index in [0.717, 1.165) is 34.2 Å². The average Bonchev–Trinajstić information content (AvgIpc) is 2.90. The fourth-order valence-corrected chi connectivity index (χ4v) is 4.82. The van der Waals surface area contributed by atoms with E-state index in [2.05, 4.69) is 89.1 Å². The Bertz CT molecular complexity index is 1040. The van der Waals surface area contributed by atoms with Crippen LogP contribution in [0.2, 0.25) is 0 Å². The van der Waals surface area contributed by atoms with E-state index in [-0.39, 0.29) is 29.5 Å². The molecule has 2 aromatic rings. The highest BCUT2D eigenvalue weighted by Crippen LogP contribution is 2.33. The molecular weight excluding hydrogens is 767 g/mol. The molecule has 0 bridgehead atoms. The third-order valence-corrected chi connectivity index (χ3v) is 6.84. The molecule has 41 heavy (non-hydrogen) atoms. The van der Waals surface area contributed by atoms with Crippen LogP contribution in [0.4, 0.5) is 0 Å². The van der Waals surface area contributed by atoms with Crippen LogP contribution in [0.15, 0.2) is 45.3 Å². The van der Waals surface area contributed by atoms with Gasteiger partial charge in [-0.15, -0.1) is 0 Å². The summed E-state index contributed by atoms with van der Waals surface area (Å²) < 4.78 is 18.5. The minimum absolute atomic E-state index is 0.155. The number of halogens is 3. The van der Waals surface area contributed by atoms with E-state index in [1.807, 2.05) is 32.0 Å². The maximum atomic E-state index is 12.1. The van der Waals surface area contributed by atoms with Gasteiger partial charge < -0.3 is 19.3 Å². The molecule has 1 N–H and O–H groups in total. The topological polar surface area (TPSA) is 82.1 Å². The molecule has 2 rings (SSSR count). The number of ether oxygens (including phenoxy) is 3. The van der Waals surface area contributed by atoms with Gasteiger partial charge in [0.25, 0.3) is 0 Å². The molecule has 0 radical (unpaired) electrons. The number of phenols is 1. The van der Waals surface area contributed by atoms with Crippen LogP contribution >= 0.6 is 54.5 Å². The summed E-state index contributed by atoms with van der Waals surface area (Å²) in [5, 5.41) is 9.49. The molecule has 2 atom stereocenters. The second-order valence-electron chi connectivity index (χ2n) is 9.97. The highest BCUT2D eigenvalue weighted by atomic mass is 127. The molecule has 0 saturated carbocycles. The van der Waals surface area contributed by atoms with Gasteiger partial charge in [-0.1, -0.05) is 69.3 Å². The standard InChI is InChI=1S/C16H23BrO3.C14H19BrO3.C2H5I/c1-5-19-15-8-7-12(10-14(15)17)13(9-11(3)4)16(18)20-6-2;1-4-18-14(17)11(7-9(2)3)10-5-6-13(16)12(15)8-10;1-2-3/h7-8,10-11,13H,5-6,9H2,1-4H3;5-6,8-9,11,16H,4,7H2,1-3H3;2H2,1H3. The van der Waals surface area contributed by atoms with Gasteiger partial charge in [-0.2, -0.15) is 0 Å². The molecule has 2 unspecified atom stereocenters. The molecule has 0 aliphatic rings. The van der Waals surface area contributed by atoms with E-state index in [4.69, 9.17) is 14.2 Å². The predicted octanol–water partition coefficient (Wildman–Crippen LogP) is 9.83. The molecule has 0 fully saturated rings. The Morgan fingerprint density at radius 2 is 1.17 bits per heavy atom. The summed E-state index contributed by atoms with van der Waals surface area (Å²) in [7, 11) is 0. The normalized spacial score (nSPS) is 11.9. The maximum absolute atomic E-state index is 12.1. The van der Waals surface area contributed by atoms with Crippen molar-refractivity contribution in [1.29, 1.82) is 0 Å². The first-order valence-electron chi connectivity index (χ1n) is 14.2. The van der Waals surface area contributed by atoms with Crippen LogP contribution in [0.3, 0.4) is 0 Å². The third kappa shape index (κ3) is 15.6. The van der Waals surface area contributed by atoms with Crippen molar-refractivity contribution in [2.45, 2.75) is 80.1 Å². The van der Waals surface area contributed by atoms with Crippen molar-refractivity contribution in [3.05, 3.63) is 56.5 Å². The van der Waals surface area contributed by atoms with Crippen molar-refractivity contribution in [2.24, 2.45) is 11.8 Å². The third-order valence-electron chi connectivity index (χ3n) is 5.59. The number of phenolic OH excluding ortho intramolecular Hbond substituents is 1. The number of benzene rings is 2. The lowest BCUT2D eigenvalue weighted by atomic mass is 9.90. The molecule has 9 heteroatoms. The Labute approximate surface area is 277 Å². The van der Waals surface area contributed by atoms with Gasteiger partial charge in [0.15, 0.2) is 0 Å². The van der Waals surface area contributed by atoms with Gasteiger partial charge in [-0.05, 0) is 117 Å². The molecule has 0 aromatic heterocycles.